The number of hydrogen-bond donors (Lipinski definition) is 0. The molecule has 1 aromatic rings. The number of allylic oxidation sites excluding steroid dienone is 1. The van der Waals surface area contributed by atoms with Crippen LogP contribution >= 0.6 is 0 Å². The number of carbonyl (C=O) groups is 5. The molecule has 3 aliphatic carbocycles. The molecule has 6 rings (SSSR count). The van der Waals surface area contributed by atoms with E-state index in [1.807, 2.05) is 20.8 Å². The van der Waals surface area contributed by atoms with Crippen molar-refractivity contribution >= 4 is 29.7 Å². The summed E-state index contributed by atoms with van der Waals surface area (Å²) in [4.78, 5) is 67.4. The van der Waals surface area contributed by atoms with Crippen LogP contribution in [0.4, 0.5) is 0 Å². The van der Waals surface area contributed by atoms with Gasteiger partial charge in [-0.3, -0.25) is 14.4 Å². The minimum Gasteiger partial charge on any atom is -0.472 e. The lowest BCUT2D eigenvalue weighted by Crippen LogP contribution is -2.74. The van der Waals surface area contributed by atoms with Gasteiger partial charge in [0.25, 0.3) is 0 Å². The predicted octanol–water partition coefficient (Wildman–Crippen LogP) is 4.28. The third kappa shape index (κ3) is 4.14. The summed E-state index contributed by atoms with van der Waals surface area (Å²) in [6, 6.07) is 1.79. The lowest BCUT2D eigenvalue weighted by molar-refractivity contribution is -0.234. The van der Waals surface area contributed by atoms with Crippen LogP contribution in [0.1, 0.15) is 79.4 Å². The quantitative estimate of drug-likeness (QED) is 0.193. The number of Topliss-reactive ketones (excluding diaryl/α,β-unsaturated/α-hetero) is 1. The number of rotatable bonds is 6. The highest BCUT2D eigenvalue weighted by Gasteiger charge is 2.87. The summed E-state index contributed by atoms with van der Waals surface area (Å²) >= 11 is 0. The summed E-state index contributed by atoms with van der Waals surface area (Å²) in [6.07, 6.45) is 2.24. The Balaban J connectivity index is 1.54. The molecule has 0 N–H and O–H groups in total. The summed E-state index contributed by atoms with van der Waals surface area (Å²) in [5, 5.41) is 0. The van der Waals surface area contributed by atoms with Gasteiger partial charge in [-0.1, -0.05) is 33.8 Å². The average Bonchev–Trinajstić information content (AvgIpc) is 3.43. The fourth-order valence-corrected chi connectivity index (χ4v) is 10.1. The largest absolute Gasteiger partial charge is 0.472 e. The molecule has 45 heavy (non-hydrogen) atoms. The first kappa shape index (κ1) is 31.5. The standard InChI is InChI=1S/C34H42O11/c1-9-16(2)29(38)44-27-22-25(37)33(7,24(31(27,4)5)23(30(39)40-8)42-17(3)35)19-10-12-32(6)20(34(19)28(22)45-34)14-21(36)43-26(32)18-11-13-41-15-18/h9,11,13,15,19-20,22-24,26-28H,10,12,14H2,1-8H3/t19-,20-,22-,23-,24+,26+,27-,28-,32-,33-,34-/m1/s1. The SMILES string of the molecule is CC=C(C)C(=O)O[C@@H]1[C@H]2C(=O)[C@](C)([C@H]3CC[C@]4(C)[C@@H](CC(=O)O[C@H]4c4ccoc4)[C@]34O[C@H]24)[C@@H]([C@@H](OC(C)=O)C(=O)OC)C1(C)C. The molecule has 5 fully saturated rings. The van der Waals surface area contributed by atoms with Crippen molar-refractivity contribution in [1.29, 1.82) is 0 Å². The third-order valence-electron chi connectivity index (χ3n) is 12.0. The fraction of sp³-hybridized carbons (Fsp3) is 0.676. The first-order valence-corrected chi connectivity index (χ1v) is 15.6. The topological polar surface area (TPSA) is 148 Å². The minimum atomic E-state index is -1.46. The second-order valence-electron chi connectivity index (χ2n) is 14.5. The highest BCUT2D eigenvalue weighted by molar-refractivity contribution is 5.95. The zero-order chi connectivity index (χ0) is 32.9. The van der Waals surface area contributed by atoms with Crippen LogP contribution in [-0.2, 0) is 47.7 Å². The maximum atomic E-state index is 14.9. The van der Waals surface area contributed by atoms with E-state index in [9.17, 15) is 24.0 Å². The van der Waals surface area contributed by atoms with Crippen LogP contribution in [-0.4, -0.2) is 60.7 Å². The van der Waals surface area contributed by atoms with Crippen molar-refractivity contribution in [2.45, 2.75) is 97.7 Å². The van der Waals surface area contributed by atoms with Crippen molar-refractivity contribution < 1.29 is 52.1 Å². The second-order valence-corrected chi connectivity index (χ2v) is 14.5. The van der Waals surface area contributed by atoms with Crippen LogP contribution in [0.25, 0.3) is 0 Å². The Morgan fingerprint density at radius 1 is 1.09 bits per heavy atom. The smallest absolute Gasteiger partial charge is 0.347 e. The van der Waals surface area contributed by atoms with Crippen molar-refractivity contribution in [3.8, 4) is 0 Å². The van der Waals surface area contributed by atoms with Crippen LogP contribution in [0.15, 0.2) is 34.7 Å². The monoisotopic (exact) mass is 626 g/mol. The molecule has 11 heteroatoms. The zero-order valence-corrected chi connectivity index (χ0v) is 27.0. The molecule has 3 saturated carbocycles. The fourth-order valence-electron chi connectivity index (χ4n) is 10.1. The first-order chi connectivity index (χ1) is 21.1. The van der Waals surface area contributed by atoms with Gasteiger partial charge < -0.3 is 28.1 Å². The third-order valence-corrected chi connectivity index (χ3v) is 12.0. The molecule has 244 valence electrons. The number of esters is 4. The number of methoxy groups -OCH3 is 1. The van der Waals surface area contributed by atoms with Crippen LogP contribution in [0, 0.1) is 39.9 Å². The van der Waals surface area contributed by atoms with Gasteiger partial charge in [0, 0.05) is 52.1 Å². The predicted molar refractivity (Wildman–Crippen MR) is 155 cm³/mol. The van der Waals surface area contributed by atoms with Crippen molar-refractivity contribution in [1.82, 2.24) is 0 Å². The second kappa shape index (κ2) is 10.3. The van der Waals surface area contributed by atoms with Crippen molar-refractivity contribution in [2.24, 2.45) is 39.9 Å². The molecular formula is C34H42O11. The molecular weight excluding hydrogens is 584 g/mol. The average molecular weight is 627 g/mol. The van der Waals surface area contributed by atoms with Crippen molar-refractivity contribution in [2.75, 3.05) is 7.11 Å². The number of carbonyl (C=O) groups excluding carboxylic acids is 5. The number of ether oxygens (including phenoxy) is 5. The number of ketones is 1. The molecule has 0 radical (unpaired) electrons. The van der Waals surface area contributed by atoms with E-state index in [-0.39, 0.29) is 24.1 Å². The van der Waals surface area contributed by atoms with Gasteiger partial charge in [0.1, 0.15) is 29.7 Å². The minimum absolute atomic E-state index is 0.0788. The van der Waals surface area contributed by atoms with Crippen LogP contribution in [0.2, 0.25) is 0 Å². The maximum absolute atomic E-state index is 14.9. The molecule has 2 aliphatic heterocycles. The molecule has 1 aromatic heterocycles. The van der Waals surface area contributed by atoms with Gasteiger partial charge in [-0.2, -0.15) is 0 Å². The van der Waals surface area contributed by atoms with Gasteiger partial charge in [0.15, 0.2) is 0 Å². The number of furan rings is 1. The summed E-state index contributed by atoms with van der Waals surface area (Å²) in [7, 11) is 1.20. The molecule has 0 amide bonds. The van der Waals surface area contributed by atoms with E-state index >= 15 is 0 Å². The Hall–Kier alpha value is -3.47. The summed E-state index contributed by atoms with van der Waals surface area (Å²) in [5.41, 5.74) is -2.75. The molecule has 3 heterocycles. The van der Waals surface area contributed by atoms with E-state index in [4.69, 9.17) is 28.1 Å². The summed E-state index contributed by atoms with van der Waals surface area (Å²) in [5.74, 6) is -5.33. The van der Waals surface area contributed by atoms with Crippen molar-refractivity contribution in [3.63, 3.8) is 0 Å². The highest BCUT2D eigenvalue weighted by Crippen LogP contribution is 2.77. The van der Waals surface area contributed by atoms with Gasteiger partial charge in [0.05, 0.1) is 32.0 Å². The zero-order valence-electron chi connectivity index (χ0n) is 27.0. The van der Waals surface area contributed by atoms with E-state index in [0.29, 0.717) is 18.4 Å². The number of hydrogen-bond acceptors (Lipinski definition) is 11. The van der Waals surface area contributed by atoms with E-state index in [0.717, 1.165) is 5.56 Å². The van der Waals surface area contributed by atoms with Gasteiger partial charge in [-0.15, -0.1) is 0 Å². The highest BCUT2D eigenvalue weighted by atomic mass is 16.6. The van der Waals surface area contributed by atoms with Crippen molar-refractivity contribution in [3.05, 3.63) is 35.8 Å². The molecule has 0 aromatic carbocycles. The Kier molecular flexibility index (Phi) is 7.19. The number of cyclic esters (lactones) is 1. The van der Waals surface area contributed by atoms with Crippen LogP contribution in [0.5, 0.6) is 0 Å². The van der Waals surface area contributed by atoms with Gasteiger partial charge in [0.2, 0.25) is 6.10 Å². The summed E-state index contributed by atoms with van der Waals surface area (Å²) < 4.78 is 35.1. The molecule has 2 saturated heterocycles. The Labute approximate surface area is 262 Å². The molecule has 2 bridgehead atoms. The Bertz CT molecular complexity index is 1470. The van der Waals surface area contributed by atoms with E-state index < -0.39 is 81.9 Å². The lowest BCUT2D eigenvalue weighted by atomic mass is 9.37. The van der Waals surface area contributed by atoms with Gasteiger partial charge in [-0.25, -0.2) is 9.59 Å². The van der Waals surface area contributed by atoms with Gasteiger partial charge >= 0.3 is 23.9 Å². The van der Waals surface area contributed by atoms with Crippen LogP contribution in [0.3, 0.4) is 0 Å². The normalized spacial score (nSPS) is 41.8. The molecule has 11 nitrogen and oxygen atoms in total. The molecule has 5 aliphatic rings. The Morgan fingerprint density at radius 3 is 2.40 bits per heavy atom. The number of fused-ring (bicyclic) bond motifs is 5. The molecule has 0 unspecified atom stereocenters. The van der Waals surface area contributed by atoms with E-state index in [1.54, 1.807) is 38.5 Å². The van der Waals surface area contributed by atoms with E-state index in [1.165, 1.54) is 14.0 Å². The van der Waals surface area contributed by atoms with Gasteiger partial charge in [-0.05, 0) is 32.8 Å². The van der Waals surface area contributed by atoms with Crippen LogP contribution < -0.4 is 0 Å². The Morgan fingerprint density at radius 2 is 1.80 bits per heavy atom. The first-order valence-electron chi connectivity index (χ1n) is 15.6. The maximum Gasteiger partial charge on any atom is 0.347 e. The molecule has 1 spiro atoms. The lowest BCUT2D eigenvalue weighted by Gasteiger charge is -2.65. The molecule has 11 atom stereocenters. The van der Waals surface area contributed by atoms with E-state index in [2.05, 4.69) is 6.92 Å². The summed E-state index contributed by atoms with van der Waals surface area (Å²) in [6.45, 7) is 12.1. The number of epoxide rings is 1.